The summed E-state index contributed by atoms with van der Waals surface area (Å²) < 4.78 is 2.25. The SMILES string of the molecule is Cn1c(-c2ncc(Br)cn2)cncc1=O. The molecule has 2 aromatic rings. The van der Waals surface area contributed by atoms with Crippen LogP contribution >= 0.6 is 15.9 Å². The molecule has 0 saturated carbocycles. The van der Waals surface area contributed by atoms with Crippen molar-refractivity contribution in [2.45, 2.75) is 0 Å². The van der Waals surface area contributed by atoms with E-state index in [1.54, 1.807) is 25.6 Å². The highest BCUT2D eigenvalue weighted by molar-refractivity contribution is 9.10. The zero-order valence-electron chi connectivity index (χ0n) is 7.88. The molecule has 5 nitrogen and oxygen atoms in total. The quantitative estimate of drug-likeness (QED) is 0.773. The van der Waals surface area contributed by atoms with Gasteiger partial charge in [-0.15, -0.1) is 0 Å². The summed E-state index contributed by atoms with van der Waals surface area (Å²) in [5.41, 5.74) is 0.411. The number of hydrogen-bond donors (Lipinski definition) is 0. The van der Waals surface area contributed by atoms with E-state index in [-0.39, 0.29) is 5.56 Å². The van der Waals surface area contributed by atoms with Gasteiger partial charge in [0.2, 0.25) is 0 Å². The van der Waals surface area contributed by atoms with Gasteiger partial charge in [0.05, 0.1) is 16.9 Å². The third-order valence-corrected chi connectivity index (χ3v) is 2.33. The van der Waals surface area contributed by atoms with E-state index in [1.165, 1.54) is 10.8 Å². The largest absolute Gasteiger partial charge is 0.306 e. The molecule has 0 spiro atoms. The highest BCUT2D eigenvalue weighted by Gasteiger charge is 2.05. The van der Waals surface area contributed by atoms with E-state index in [4.69, 9.17) is 0 Å². The molecule has 0 aliphatic carbocycles. The highest BCUT2D eigenvalue weighted by Crippen LogP contribution is 2.12. The molecule has 0 radical (unpaired) electrons. The Balaban J connectivity index is 2.59. The normalized spacial score (nSPS) is 10.3. The molecule has 0 unspecified atom stereocenters. The summed E-state index contributed by atoms with van der Waals surface area (Å²) in [6.07, 6.45) is 6.06. The Labute approximate surface area is 94.0 Å². The lowest BCUT2D eigenvalue weighted by Gasteiger charge is -2.04. The lowest BCUT2D eigenvalue weighted by molar-refractivity contribution is 0.839. The van der Waals surface area contributed by atoms with Gasteiger partial charge in [-0.3, -0.25) is 9.78 Å². The summed E-state index contributed by atoms with van der Waals surface area (Å²) in [5.74, 6) is 0.478. The Morgan fingerprint density at radius 1 is 1.20 bits per heavy atom. The molecule has 0 aliphatic heterocycles. The van der Waals surface area contributed by atoms with E-state index in [1.807, 2.05) is 0 Å². The van der Waals surface area contributed by atoms with Crippen molar-refractivity contribution < 1.29 is 0 Å². The minimum absolute atomic E-state index is 0.181. The standard InChI is InChI=1S/C9H7BrN4O/c1-14-7(4-11-5-8(14)15)9-12-2-6(10)3-13-9/h2-5H,1H3. The molecule has 0 saturated heterocycles. The third kappa shape index (κ3) is 1.94. The number of halogens is 1. The van der Waals surface area contributed by atoms with Crippen LogP contribution in [0.2, 0.25) is 0 Å². The molecular formula is C9H7BrN4O. The first-order valence-corrected chi connectivity index (χ1v) is 4.97. The average Bonchev–Trinajstić information content (AvgIpc) is 2.24. The van der Waals surface area contributed by atoms with Gasteiger partial charge >= 0.3 is 0 Å². The fraction of sp³-hybridized carbons (Fsp3) is 0.111. The van der Waals surface area contributed by atoms with Gasteiger partial charge < -0.3 is 4.57 Å². The molecule has 0 N–H and O–H groups in total. The minimum atomic E-state index is -0.181. The second-order valence-corrected chi connectivity index (χ2v) is 3.83. The Morgan fingerprint density at radius 2 is 1.87 bits per heavy atom. The van der Waals surface area contributed by atoms with Crippen molar-refractivity contribution in [1.29, 1.82) is 0 Å². The molecule has 0 aliphatic rings. The van der Waals surface area contributed by atoms with Gasteiger partial charge in [-0.05, 0) is 15.9 Å². The maximum absolute atomic E-state index is 11.3. The van der Waals surface area contributed by atoms with E-state index in [9.17, 15) is 4.79 Å². The van der Waals surface area contributed by atoms with Gasteiger partial charge in [0.15, 0.2) is 5.82 Å². The average molecular weight is 267 g/mol. The first-order chi connectivity index (χ1) is 7.18. The van der Waals surface area contributed by atoms with Gasteiger partial charge in [0, 0.05) is 19.4 Å². The molecule has 2 aromatic heterocycles. The van der Waals surface area contributed by atoms with Crippen molar-refractivity contribution in [2.24, 2.45) is 7.05 Å². The van der Waals surface area contributed by atoms with Crippen LogP contribution in [0.4, 0.5) is 0 Å². The van der Waals surface area contributed by atoms with Crippen molar-refractivity contribution in [3.05, 3.63) is 39.6 Å². The lowest BCUT2D eigenvalue weighted by Crippen LogP contribution is -2.18. The van der Waals surface area contributed by atoms with Gasteiger partial charge in [-0.25, -0.2) is 9.97 Å². The maximum Gasteiger partial charge on any atom is 0.269 e. The van der Waals surface area contributed by atoms with E-state index in [2.05, 4.69) is 30.9 Å². The number of aromatic nitrogens is 4. The fourth-order valence-corrected chi connectivity index (χ4v) is 1.32. The smallest absolute Gasteiger partial charge is 0.269 e. The Morgan fingerprint density at radius 3 is 2.53 bits per heavy atom. The van der Waals surface area contributed by atoms with Gasteiger partial charge in [0.1, 0.15) is 5.69 Å². The van der Waals surface area contributed by atoms with Gasteiger partial charge in [-0.2, -0.15) is 0 Å². The Kier molecular flexibility index (Phi) is 2.59. The summed E-state index contributed by atoms with van der Waals surface area (Å²) in [5, 5.41) is 0. The number of rotatable bonds is 1. The van der Waals surface area contributed by atoms with Gasteiger partial charge in [0.25, 0.3) is 5.56 Å². The van der Waals surface area contributed by atoms with Crippen LogP contribution in [-0.2, 0) is 7.05 Å². The predicted molar refractivity (Wildman–Crippen MR) is 58.2 cm³/mol. The van der Waals surface area contributed by atoms with Crippen LogP contribution in [0, 0.1) is 0 Å². The molecule has 0 bridgehead atoms. The van der Waals surface area contributed by atoms with Crippen LogP contribution in [0.3, 0.4) is 0 Å². The van der Waals surface area contributed by atoms with Crippen LogP contribution in [0.5, 0.6) is 0 Å². The Hall–Kier alpha value is -1.56. The van der Waals surface area contributed by atoms with Crippen molar-refractivity contribution >= 4 is 15.9 Å². The van der Waals surface area contributed by atoms with Crippen molar-refractivity contribution in [3.63, 3.8) is 0 Å². The van der Waals surface area contributed by atoms with Crippen LogP contribution in [-0.4, -0.2) is 19.5 Å². The third-order valence-electron chi connectivity index (χ3n) is 1.92. The monoisotopic (exact) mass is 266 g/mol. The summed E-state index contributed by atoms with van der Waals surface area (Å²) in [6, 6.07) is 0. The second kappa shape index (κ2) is 3.90. The molecule has 0 atom stereocenters. The predicted octanol–water partition coefficient (Wildman–Crippen LogP) is 1.000. The molecule has 2 heterocycles. The lowest BCUT2D eigenvalue weighted by atomic mass is 10.4. The topological polar surface area (TPSA) is 60.7 Å². The second-order valence-electron chi connectivity index (χ2n) is 2.91. The minimum Gasteiger partial charge on any atom is -0.306 e. The van der Waals surface area contributed by atoms with Crippen LogP contribution in [0.15, 0.2) is 34.1 Å². The van der Waals surface area contributed by atoms with Crippen LogP contribution < -0.4 is 5.56 Å². The summed E-state index contributed by atoms with van der Waals surface area (Å²) in [6.45, 7) is 0. The molecule has 6 heteroatoms. The molecule has 0 aromatic carbocycles. The molecular weight excluding hydrogens is 260 g/mol. The van der Waals surface area contributed by atoms with Crippen molar-refractivity contribution in [3.8, 4) is 11.5 Å². The number of nitrogens with zero attached hydrogens (tertiary/aromatic N) is 4. The van der Waals surface area contributed by atoms with E-state index in [0.29, 0.717) is 11.5 Å². The zero-order valence-corrected chi connectivity index (χ0v) is 9.47. The summed E-state index contributed by atoms with van der Waals surface area (Å²) >= 11 is 3.24. The molecule has 76 valence electrons. The maximum atomic E-state index is 11.3. The van der Waals surface area contributed by atoms with E-state index in [0.717, 1.165) is 4.47 Å². The summed E-state index contributed by atoms with van der Waals surface area (Å²) in [4.78, 5) is 23.3. The van der Waals surface area contributed by atoms with E-state index < -0.39 is 0 Å². The van der Waals surface area contributed by atoms with E-state index >= 15 is 0 Å². The molecule has 0 amide bonds. The van der Waals surface area contributed by atoms with Crippen molar-refractivity contribution in [1.82, 2.24) is 19.5 Å². The van der Waals surface area contributed by atoms with Crippen LogP contribution in [0.1, 0.15) is 0 Å². The Bertz CT molecular complexity index is 535. The first-order valence-electron chi connectivity index (χ1n) is 4.17. The molecule has 0 fully saturated rings. The fourth-order valence-electron chi connectivity index (χ4n) is 1.12. The molecule has 2 rings (SSSR count). The van der Waals surface area contributed by atoms with Crippen LogP contribution in [0.25, 0.3) is 11.5 Å². The zero-order chi connectivity index (χ0) is 10.8. The summed E-state index contributed by atoms with van der Waals surface area (Å²) in [7, 11) is 1.66. The molecule has 15 heavy (non-hydrogen) atoms. The highest BCUT2D eigenvalue weighted by atomic mass is 79.9. The van der Waals surface area contributed by atoms with Gasteiger partial charge in [-0.1, -0.05) is 0 Å². The first kappa shape index (κ1) is 9.97. The number of hydrogen-bond acceptors (Lipinski definition) is 4. The van der Waals surface area contributed by atoms with Crippen molar-refractivity contribution in [2.75, 3.05) is 0 Å².